The van der Waals surface area contributed by atoms with E-state index in [1.54, 1.807) is 11.8 Å². The Morgan fingerprint density at radius 2 is 1.94 bits per heavy atom. The molecule has 0 spiro atoms. The Labute approximate surface area is 112 Å². The molecule has 98 valence electrons. The van der Waals surface area contributed by atoms with Crippen molar-refractivity contribution in [2.24, 2.45) is 0 Å². The van der Waals surface area contributed by atoms with Crippen LogP contribution in [0.5, 0.6) is 0 Å². The second kappa shape index (κ2) is 4.94. The van der Waals surface area contributed by atoms with E-state index in [4.69, 9.17) is 4.74 Å². The highest BCUT2D eigenvalue weighted by molar-refractivity contribution is 8.00. The van der Waals surface area contributed by atoms with Crippen LogP contribution in [-0.2, 0) is 15.1 Å². The van der Waals surface area contributed by atoms with Gasteiger partial charge in [-0.3, -0.25) is 4.79 Å². The Hall–Kier alpha value is -1.00. The van der Waals surface area contributed by atoms with Gasteiger partial charge in [0.2, 0.25) is 0 Å². The number of rotatable bonds is 1. The summed E-state index contributed by atoms with van der Waals surface area (Å²) in [7, 11) is 0. The van der Waals surface area contributed by atoms with Crippen molar-refractivity contribution in [1.29, 1.82) is 0 Å². The number of carbonyl (C=O) groups is 1. The summed E-state index contributed by atoms with van der Waals surface area (Å²) in [4.78, 5) is 11.7. The van der Waals surface area contributed by atoms with Crippen LogP contribution in [0, 0.1) is 0 Å². The summed E-state index contributed by atoms with van der Waals surface area (Å²) in [6, 6.07) is 9.36. The van der Waals surface area contributed by atoms with E-state index < -0.39 is 10.3 Å². The molecular formula is C14H18O3S. The number of esters is 1. The van der Waals surface area contributed by atoms with Gasteiger partial charge in [0.25, 0.3) is 0 Å². The van der Waals surface area contributed by atoms with Crippen molar-refractivity contribution in [3.63, 3.8) is 0 Å². The molecule has 0 unspecified atom stereocenters. The summed E-state index contributed by atoms with van der Waals surface area (Å²) in [5.41, 5.74) is -0.433. The van der Waals surface area contributed by atoms with Gasteiger partial charge in [0, 0.05) is 10.5 Å². The first-order chi connectivity index (χ1) is 8.46. The molecule has 1 aromatic carbocycles. The van der Waals surface area contributed by atoms with E-state index >= 15 is 0 Å². The lowest BCUT2D eigenvalue weighted by molar-refractivity contribution is -0.151. The van der Waals surface area contributed by atoms with Crippen molar-refractivity contribution in [3.05, 3.63) is 35.9 Å². The van der Waals surface area contributed by atoms with Gasteiger partial charge in [-0.15, -0.1) is 11.8 Å². The molecule has 0 amide bonds. The summed E-state index contributed by atoms with van der Waals surface area (Å²) in [5.74, 6) is 0.364. The normalized spacial score (nSPS) is 28.1. The minimum atomic E-state index is -1.20. The molecular weight excluding hydrogens is 248 g/mol. The number of thioether (sulfide) groups is 1. The first-order valence-corrected chi connectivity index (χ1v) is 7.02. The number of cyclic esters (lactones) is 1. The zero-order valence-corrected chi connectivity index (χ0v) is 11.5. The van der Waals surface area contributed by atoms with Crippen LogP contribution in [0.3, 0.4) is 0 Å². The maximum absolute atomic E-state index is 11.7. The number of hydrogen-bond acceptors (Lipinski definition) is 4. The molecule has 0 bridgehead atoms. The van der Waals surface area contributed by atoms with Crippen molar-refractivity contribution < 1.29 is 14.6 Å². The number of ether oxygens (including phenoxy) is 1. The third kappa shape index (κ3) is 2.40. The van der Waals surface area contributed by atoms with Gasteiger partial charge in [0.15, 0.2) is 0 Å². The average Bonchev–Trinajstić information content (AvgIpc) is 2.34. The monoisotopic (exact) mass is 266 g/mol. The molecule has 1 fully saturated rings. The van der Waals surface area contributed by atoms with E-state index in [2.05, 4.69) is 0 Å². The number of aliphatic hydroxyl groups is 1. The average molecular weight is 266 g/mol. The standard InChI is InChI=1S/C14H18O3S/c1-13(2)14(16,11-6-4-3-5-7-11)10-12(15)17-8-9-18-13/h3-7,16H,8-10H2,1-2H3/t14-/m1/s1. The topological polar surface area (TPSA) is 46.5 Å². The number of benzene rings is 1. The molecule has 1 aliphatic heterocycles. The number of hydrogen-bond donors (Lipinski definition) is 1. The summed E-state index contributed by atoms with van der Waals surface area (Å²) >= 11 is 1.63. The van der Waals surface area contributed by atoms with Gasteiger partial charge in [-0.05, 0) is 19.4 Å². The van der Waals surface area contributed by atoms with Crippen LogP contribution in [-0.4, -0.2) is 28.2 Å². The quantitative estimate of drug-likeness (QED) is 0.793. The van der Waals surface area contributed by atoms with Crippen molar-refractivity contribution in [2.45, 2.75) is 30.6 Å². The second-order valence-corrected chi connectivity index (χ2v) is 6.70. The molecule has 1 atom stereocenters. The smallest absolute Gasteiger partial charge is 0.309 e. The van der Waals surface area contributed by atoms with Crippen molar-refractivity contribution in [3.8, 4) is 0 Å². The van der Waals surface area contributed by atoms with Crippen molar-refractivity contribution in [1.82, 2.24) is 0 Å². The van der Waals surface area contributed by atoms with Gasteiger partial charge in [0.05, 0.1) is 6.42 Å². The highest BCUT2D eigenvalue weighted by Gasteiger charge is 2.48. The lowest BCUT2D eigenvalue weighted by atomic mass is 9.80. The lowest BCUT2D eigenvalue weighted by Gasteiger charge is -2.43. The lowest BCUT2D eigenvalue weighted by Crippen LogP contribution is -2.48. The molecule has 0 aliphatic carbocycles. The third-order valence-electron chi connectivity index (χ3n) is 3.46. The third-order valence-corrected chi connectivity index (χ3v) is 4.89. The Bertz CT molecular complexity index is 430. The van der Waals surface area contributed by atoms with E-state index in [0.29, 0.717) is 12.4 Å². The van der Waals surface area contributed by atoms with Gasteiger partial charge in [-0.25, -0.2) is 0 Å². The first kappa shape index (κ1) is 13.4. The maximum Gasteiger partial charge on any atom is 0.309 e. The first-order valence-electron chi connectivity index (χ1n) is 6.03. The fraction of sp³-hybridized carbons (Fsp3) is 0.500. The van der Waals surface area contributed by atoms with Crippen molar-refractivity contribution >= 4 is 17.7 Å². The molecule has 0 radical (unpaired) electrons. The Morgan fingerprint density at radius 3 is 2.61 bits per heavy atom. The Morgan fingerprint density at radius 1 is 1.28 bits per heavy atom. The van der Waals surface area contributed by atoms with E-state index in [1.165, 1.54) is 0 Å². The minimum absolute atomic E-state index is 0.00296. The molecule has 0 aromatic heterocycles. The molecule has 1 heterocycles. The zero-order chi connectivity index (χ0) is 13.2. The summed E-state index contributed by atoms with van der Waals surface area (Å²) in [6.45, 7) is 4.37. The van der Waals surface area contributed by atoms with E-state index in [0.717, 1.165) is 5.56 Å². The molecule has 0 saturated carbocycles. The van der Waals surface area contributed by atoms with Gasteiger partial charge < -0.3 is 9.84 Å². The highest BCUT2D eigenvalue weighted by Crippen LogP contribution is 2.45. The van der Waals surface area contributed by atoms with E-state index in [-0.39, 0.29) is 12.4 Å². The van der Waals surface area contributed by atoms with Crippen molar-refractivity contribution in [2.75, 3.05) is 12.4 Å². The van der Waals surface area contributed by atoms with Crippen LogP contribution in [0.15, 0.2) is 30.3 Å². The van der Waals surface area contributed by atoms with Crippen LogP contribution in [0.2, 0.25) is 0 Å². The van der Waals surface area contributed by atoms with Gasteiger partial charge in [-0.1, -0.05) is 30.3 Å². The largest absolute Gasteiger partial charge is 0.465 e. The second-order valence-electron chi connectivity index (χ2n) is 4.98. The summed E-state index contributed by atoms with van der Waals surface area (Å²) in [5, 5.41) is 11.0. The molecule has 1 aliphatic rings. The molecule has 1 aromatic rings. The van der Waals surface area contributed by atoms with Crippen LogP contribution >= 0.6 is 11.8 Å². The van der Waals surface area contributed by atoms with Crippen LogP contribution < -0.4 is 0 Å². The zero-order valence-electron chi connectivity index (χ0n) is 10.7. The fourth-order valence-electron chi connectivity index (χ4n) is 2.21. The molecule has 3 nitrogen and oxygen atoms in total. The maximum atomic E-state index is 11.7. The highest BCUT2D eigenvalue weighted by atomic mass is 32.2. The van der Waals surface area contributed by atoms with E-state index in [9.17, 15) is 9.90 Å². The van der Waals surface area contributed by atoms with Crippen LogP contribution in [0.4, 0.5) is 0 Å². The predicted molar refractivity (Wildman–Crippen MR) is 72.5 cm³/mol. The molecule has 1 N–H and O–H groups in total. The summed E-state index contributed by atoms with van der Waals surface area (Å²) < 4.78 is 4.64. The Balaban J connectivity index is 2.43. The molecule has 18 heavy (non-hydrogen) atoms. The molecule has 2 rings (SSSR count). The number of carbonyl (C=O) groups excluding carboxylic acids is 1. The molecule has 1 saturated heterocycles. The van der Waals surface area contributed by atoms with Gasteiger partial charge in [0.1, 0.15) is 12.2 Å². The van der Waals surface area contributed by atoms with E-state index in [1.807, 2.05) is 44.2 Å². The minimum Gasteiger partial charge on any atom is -0.465 e. The predicted octanol–water partition coefficient (Wildman–Crippen LogP) is 2.33. The van der Waals surface area contributed by atoms with Crippen LogP contribution in [0.1, 0.15) is 25.8 Å². The fourth-order valence-corrected chi connectivity index (χ4v) is 3.31. The van der Waals surface area contributed by atoms with Crippen LogP contribution in [0.25, 0.3) is 0 Å². The Kier molecular flexibility index (Phi) is 3.69. The van der Waals surface area contributed by atoms with Gasteiger partial charge in [-0.2, -0.15) is 0 Å². The van der Waals surface area contributed by atoms with Gasteiger partial charge >= 0.3 is 5.97 Å². The molecule has 4 heteroatoms. The summed E-state index contributed by atoms with van der Waals surface area (Å²) in [6.07, 6.45) is -0.00296. The SMILES string of the molecule is CC1(C)SCCOC(=O)C[C@@]1(O)c1ccccc1.